The molecule has 0 aliphatic heterocycles. The highest BCUT2D eigenvalue weighted by molar-refractivity contribution is 5.99. The van der Waals surface area contributed by atoms with Crippen molar-refractivity contribution in [2.24, 2.45) is 0 Å². The van der Waals surface area contributed by atoms with Crippen molar-refractivity contribution in [3.8, 4) is 0 Å². The first-order valence-electron chi connectivity index (χ1n) is 6.27. The highest BCUT2D eigenvalue weighted by Crippen LogP contribution is 2.15. The molecule has 0 saturated heterocycles. The maximum absolute atomic E-state index is 12.0. The van der Waals surface area contributed by atoms with Crippen LogP contribution >= 0.6 is 0 Å². The van der Waals surface area contributed by atoms with Crippen LogP contribution in [-0.2, 0) is 0 Å². The van der Waals surface area contributed by atoms with E-state index < -0.39 is 5.60 Å². The lowest BCUT2D eigenvalue weighted by atomic mass is 10.1. The monoisotopic (exact) mass is 250 g/mol. The summed E-state index contributed by atoms with van der Waals surface area (Å²) in [6, 6.07) is 7.38. The predicted octanol–water partition coefficient (Wildman–Crippen LogP) is 2.01. The predicted molar refractivity (Wildman–Crippen MR) is 73.9 cm³/mol. The normalized spacial score (nSPS) is 11.1. The molecular weight excluding hydrogens is 228 g/mol. The second kappa shape index (κ2) is 6.40. The molecule has 4 nitrogen and oxygen atoms in total. The Kier molecular flexibility index (Phi) is 5.16. The molecule has 0 bridgehead atoms. The minimum atomic E-state index is -0.901. The van der Waals surface area contributed by atoms with Crippen molar-refractivity contribution in [1.29, 1.82) is 0 Å². The van der Waals surface area contributed by atoms with Gasteiger partial charge in [0.25, 0.3) is 5.91 Å². The van der Waals surface area contributed by atoms with E-state index in [4.69, 9.17) is 0 Å². The number of amides is 1. The number of para-hydroxylation sites is 1. The van der Waals surface area contributed by atoms with Crippen LogP contribution in [-0.4, -0.2) is 29.7 Å². The van der Waals surface area contributed by atoms with Crippen LogP contribution in [0.25, 0.3) is 0 Å². The molecule has 0 heterocycles. The third kappa shape index (κ3) is 4.75. The number of carbonyl (C=O) groups is 1. The average Bonchev–Trinajstić information content (AvgIpc) is 2.33. The summed E-state index contributed by atoms with van der Waals surface area (Å²) in [4.78, 5) is 12.0. The van der Waals surface area contributed by atoms with E-state index in [2.05, 4.69) is 17.6 Å². The highest BCUT2D eigenvalue weighted by Gasteiger charge is 2.16. The lowest BCUT2D eigenvalue weighted by molar-refractivity contribution is 0.0694. The molecule has 1 rings (SSSR count). The molecule has 0 fully saturated rings. The largest absolute Gasteiger partial charge is 0.389 e. The van der Waals surface area contributed by atoms with Gasteiger partial charge >= 0.3 is 0 Å². The minimum absolute atomic E-state index is 0.170. The van der Waals surface area contributed by atoms with Gasteiger partial charge < -0.3 is 15.7 Å². The van der Waals surface area contributed by atoms with Crippen molar-refractivity contribution in [3.63, 3.8) is 0 Å². The van der Waals surface area contributed by atoms with Crippen molar-refractivity contribution in [3.05, 3.63) is 29.8 Å². The van der Waals surface area contributed by atoms with Gasteiger partial charge in [-0.25, -0.2) is 0 Å². The fourth-order valence-corrected chi connectivity index (χ4v) is 1.49. The Labute approximate surface area is 108 Å². The molecule has 18 heavy (non-hydrogen) atoms. The van der Waals surface area contributed by atoms with Crippen molar-refractivity contribution >= 4 is 11.6 Å². The van der Waals surface area contributed by atoms with Crippen LogP contribution in [0.3, 0.4) is 0 Å². The number of rotatable bonds is 6. The third-order valence-electron chi connectivity index (χ3n) is 2.42. The zero-order chi connectivity index (χ0) is 13.6. The van der Waals surface area contributed by atoms with Gasteiger partial charge in [0, 0.05) is 18.8 Å². The van der Waals surface area contributed by atoms with Crippen molar-refractivity contribution in [1.82, 2.24) is 5.32 Å². The fourth-order valence-electron chi connectivity index (χ4n) is 1.49. The molecule has 0 aromatic heterocycles. The van der Waals surface area contributed by atoms with Gasteiger partial charge in [0.2, 0.25) is 0 Å². The van der Waals surface area contributed by atoms with E-state index in [-0.39, 0.29) is 12.5 Å². The Morgan fingerprint density at radius 2 is 2.00 bits per heavy atom. The van der Waals surface area contributed by atoms with Crippen LogP contribution in [0.1, 0.15) is 37.6 Å². The molecule has 0 unspecified atom stereocenters. The average molecular weight is 250 g/mol. The summed E-state index contributed by atoms with van der Waals surface area (Å²) in [7, 11) is 0. The van der Waals surface area contributed by atoms with Crippen molar-refractivity contribution < 1.29 is 9.90 Å². The van der Waals surface area contributed by atoms with Crippen LogP contribution in [0, 0.1) is 0 Å². The Morgan fingerprint density at radius 1 is 1.33 bits per heavy atom. The van der Waals surface area contributed by atoms with Crippen LogP contribution in [0.15, 0.2) is 24.3 Å². The molecular formula is C14H22N2O2. The van der Waals surface area contributed by atoms with Crippen LogP contribution < -0.4 is 10.6 Å². The van der Waals surface area contributed by atoms with E-state index in [1.165, 1.54) is 0 Å². The number of carbonyl (C=O) groups excluding carboxylic acids is 1. The standard InChI is InChI=1S/C14H22N2O2/c1-4-9-15-12-8-6-5-7-11(12)13(17)16-10-14(2,3)18/h5-8,15,18H,4,9-10H2,1-3H3,(H,16,17). The molecule has 0 spiro atoms. The number of anilines is 1. The first-order chi connectivity index (χ1) is 8.44. The maximum Gasteiger partial charge on any atom is 0.253 e. The summed E-state index contributed by atoms with van der Waals surface area (Å²) >= 11 is 0. The van der Waals surface area contributed by atoms with Gasteiger partial charge in [-0.05, 0) is 32.4 Å². The molecule has 3 N–H and O–H groups in total. The molecule has 1 aromatic carbocycles. The van der Waals surface area contributed by atoms with Gasteiger partial charge in [-0.3, -0.25) is 4.79 Å². The SMILES string of the molecule is CCCNc1ccccc1C(=O)NCC(C)(C)O. The zero-order valence-electron chi connectivity index (χ0n) is 11.3. The van der Waals surface area contributed by atoms with Gasteiger partial charge in [0.1, 0.15) is 0 Å². The number of benzene rings is 1. The molecule has 4 heteroatoms. The number of nitrogens with one attached hydrogen (secondary N) is 2. The smallest absolute Gasteiger partial charge is 0.253 e. The van der Waals surface area contributed by atoms with E-state index in [0.29, 0.717) is 5.56 Å². The van der Waals surface area contributed by atoms with Gasteiger partial charge in [0.15, 0.2) is 0 Å². The van der Waals surface area contributed by atoms with E-state index in [1.807, 2.05) is 18.2 Å². The first-order valence-corrected chi connectivity index (χ1v) is 6.27. The lowest BCUT2D eigenvalue weighted by Gasteiger charge is -2.18. The Hall–Kier alpha value is -1.55. The van der Waals surface area contributed by atoms with E-state index in [1.54, 1.807) is 19.9 Å². The topological polar surface area (TPSA) is 61.4 Å². The lowest BCUT2D eigenvalue weighted by Crippen LogP contribution is -2.38. The first kappa shape index (κ1) is 14.5. The van der Waals surface area contributed by atoms with Gasteiger partial charge in [-0.1, -0.05) is 19.1 Å². The summed E-state index contributed by atoms with van der Waals surface area (Å²) < 4.78 is 0. The number of hydrogen-bond donors (Lipinski definition) is 3. The maximum atomic E-state index is 12.0. The Morgan fingerprint density at radius 3 is 2.61 bits per heavy atom. The summed E-state index contributed by atoms with van der Waals surface area (Å²) in [5.41, 5.74) is 0.532. The van der Waals surface area contributed by atoms with Gasteiger partial charge in [0.05, 0.1) is 11.2 Å². The van der Waals surface area contributed by atoms with Crippen LogP contribution in [0.2, 0.25) is 0 Å². The Bertz CT molecular complexity index is 397. The quantitative estimate of drug-likeness (QED) is 0.723. The molecule has 0 atom stereocenters. The number of aliphatic hydroxyl groups is 1. The molecule has 0 aliphatic rings. The molecule has 100 valence electrons. The van der Waals surface area contributed by atoms with Crippen LogP contribution in [0.4, 0.5) is 5.69 Å². The highest BCUT2D eigenvalue weighted by atomic mass is 16.3. The molecule has 0 saturated carbocycles. The van der Waals surface area contributed by atoms with Crippen molar-refractivity contribution in [2.75, 3.05) is 18.4 Å². The fraction of sp³-hybridized carbons (Fsp3) is 0.500. The van der Waals surface area contributed by atoms with Gasteiger partial charge in [-0.2, -0.15) is 0 Å². The third-order valence-corrected chi connectivity index (χ3v) is 2.42. The summed E-state index contributed by atoms with van der Waals surface area (Å²) in [5.74, 6) is -0.170. The summed E-state index contributed by atoms with van der Waals surface area (Å²) in [6.07, 6.45) is 1.000. The second-order valence-corrected chi connectivity index (χ2v) is 4.97. The molecule has 0 aliphatic carbocycles. The van der Waals surface area contributed by atoms with E-state index in [0.717, 1.165) is 18.7 Å². The molecule has 0 radical (unpaired) electrons. The second-order valence-electron chi connectivity index (χ2n) is 4.97. The van der Waals surface area contributed by atoms with Gasteiger partial charge in [-0.15, -0.1) is 0 Å². The summed E-state index contributed by atoms with van der Waals surface area (Å²) in [6.45, 7) is 6.46. The van der Waals surface area contributed by atoms with Crippen molar-refractivity contribution in [2.45, 2.75) is 32.8 Å². The van der Waals surface area contributed by atoms with E-state index in [9.17, 15) is 9.90 Å². The Balaban J connectivity index is 2.72. The zero-order valence-corrected chi connectivity index (χ0v) is 11.3. The minimum Gasteiger partial charge on any atom is -0.389 e. The number of hydrogen-bond acceptors (Lipinski definition) is 3. The van der Waals surface area contributed by atoms with Crippen LogP contribution in [0.5, 0.6) is 0 Å². The molecule has 1 amide bonds. The molecule has 1 aromatic rings. The van der Waals surface area contributed by atoms with E-state index >= 15 is 0 Å². The summed E-state index contributed by atoms with van der Waals surface area (Å²) in [5, 5.41) is 15.5.